The van der Waals surface area contributed by atoms with Crippen LogP contribution in [0.4, 0.5) is 0 Å². The molecule has 0 aliphatic heterocycles. The number of hydrogen-bond acceptors (Lipinski definition) is 13. The minimum atomic E-state index is -0.519. The average Bonchev–Trinajstić information content (AvgIpc) is 3.03. The van der Waals surface area contributed by atoms with Gasteiger partial charge in [0.2, 0.25) is 5.88 Å². The van der Waals surface area contributed by atoms with Crippen molar-refractivity contribution < 1.29 is 52.6 Å². The fourth-order valence-corrected chi connectivity index (χ4v) is 3.57. The molecule has 0 saturated carbocycles. The van der Waals surface area contributed by atoms with E-state index in [-0.39, 0.29) is 30.5 Å². The van der Waals surface area contributed by atoms with E-state index in [1.54, 1.807) is 24.3 Å². The van der Waals surface area contributed by atoms with E-state index in [2.05, 4.69) is 15.3 Å². The third kappa shape index (κ3) is 18.7. The highest BCUT2D eigenvalue weighted by Gasteiger charge is 2.15. The van der Waals surface area contributed by atoms with E-state index >= 15 is 0 Å². The van der Waals surface area contributed by atoms with Crippen molar-refractivity contribution in [3.8, 4) is 5.88 Å². The third-order valence-electron chi connectivity index (χ3n) is 6.04. The summed E-state index contributed by atoms with van der Waals surface area (Å²) in [5.74, 6) is -0.667. The summed E-state index contributed by atoms with van der Waals surface area (Å²) in [6.07, 6.45) is 0.445. The van der Waals surface area contributed by atoms with Crippen molar-refractivity contribution in [3.05, 3.63) is 30.0 Å². The molecule has 0 aliphatic rings. The number of benzene rings is 1. The number of aromatic nitrogens is 2. The summed E-state index contributed by atoms with van der Waals surface area (Å²) in [6.45, 7) is 11.1. The maximum Gasteiger partial charge on any atom is 0.275 e. The Morgan fingerprint density at radius 3 is 1.42 bits per heavy atom. The Morgan fingerprint density at radius 2 is 1.00 bits per heavy atom. The number of amides is 1. The van der Waals surface area contributed by atoms with Crippen molar-refractivity contribution >= 4 is 22.7 Å². The SMILES string of the molecule is CC(C)C(=O)CCOCCOCCOCCOCCOCCOCCOCCOCCNC(=O)c1nc2ccccc2nc1O. The van der Waals surface area contributed by atoms with Crippen molar-refractivity contribution in [3.63, 3.8) is 0 Å². The second-order valence-electron chi connectivity index (χ2n) is 9.91. The number of ketones is 1. The summed E-state index contributed by atoms with van der Waals surface area (Å²) in [4.78, 5) is 31.9. The summed E-state index contributed by atoms with van der Waals surface area (Å²) >= 11 is 0. The Hall–Kier alpha value is -2.82. The minimum Gasteiger partial charge on any atom is -0.492 e. The normalized spacial score (nSPS) is 11.4. The number of aromatic hydroxyl groups is 1. The molecule has 2 N–H and O–H groups in total. The first-order valence-electron chi connectivity index (χ1n) is 15.4. The average molecular weight is 640 g/mol. The topological polar surface area (TPSA) is 166 Å². The van der Waals surface area contributed by atoms with Gasteiger partial charge in [-0.15, -0.1) is 0 Å². The maximum atomic E-state index is 12.3. The number of rotatable bonds is 29. The van der Waals surface area contributed by atoms with Gasteiger partial charge in [0.1, 0.15) is 5.78 Å². The highest BCUT2D eigenvalue weighted by Crippen LogP contribution is 2.17. The van der Waals surface area contributed by atoms with Gasteiger partial charge in [0.25, 0.3) is 5.91 Å². The lowest BCUT2D eigenvalue weighted by molar-refractivity contribution is -0.123. The number of carbonyl (C=O) groups excluding carboxylic acids is 2. The molecule has 0 spiro atoms. The molecule has 0 saturated heterocycles. The molecular weight excluding hydrogens is 590 g/mol. The number of para-hydroxylation sites is 2. The predicted octanol–water partition coefficient (Wildman–Crippen LogP) is 1.81. The van der Waals surface area contributed by atoms with Crippen LogP contribution in [0.3, 0.4) is 0 Å². The highest BCUT2D eigenvalue weighted by molar-refractivity contribution is 5.96. The molecule has 0 unspecified atom stereocenters. The predicted molar refractivity (Wildman–Crippen MR) is 165 cm³/mol. The maximum absolute atomic E-state index is 12.3. The van der Waals surface area contributed by atoms with E-state index in [1.165, 1.54) is 0 Å². The molecule has 254 valence electrons. The van der Waals surface area contributed by atoms with Crippen LogP contribution in [0.1, 0.15) is 30.8 Å². The van der Waals surface area contributed by atoms with Crippen LogP contribution < -0.4 is 5.32 Å². The summed E-state index contributed by atoms with van der Waals surface area (Å²) in [5, 5.41) is 12.6. The lowest BCUT2D eigenvalue weighted by Crippen LogP contribution is -2.28. The highest BCUT2D eigenvalue weighted by atomic mass is 16.6. The van der Waals surface area contributed by atoms with Gasteiger partial charge < -0.3 is 48.3 Å². The first-order chi connectivity index (χ1) is 22.0. The molecule has 1 amide bonds. The second-order valence-corrected chi connectivity index (χ2v) is 9.91. The molecule has 0 bridgehead atoms. The van der Waals surface area contributed by atoms with Gasteiger partial charge in [-0.3, -0.25) is 9.59 Å². The van der Waals surface area contributed by atoms with Crippen molar-refractivity contribution in [1.29, 1.82) is 0 Å². The van der Waals surface area contributed by atoms with Gasteiger partial charge in [-0.05, 0) is 12.1 Å². The minimum absolute atomic E-state index is 0.0519. The number of nitrogens with one attached hydrogen (secondary N) is 1. The molecule has 2 aromatic rings. The van der Waals surface area contributed by atoms with E-state index in [4.69, 9.17) is 37.9 Å². The number of ether oxygens (including phenoxy) is 8. The van der Waals surface area contributed by atoms with Crippen LogP contribution in [0.2, 0.25) is 0 Å². The molecule has 1 heterocycles. The van der Waals surface area contributed by atoms with Crippen LogP contribution in [0.15, 0.2) is 24.3 Å². The van der Waals surface area contributed by atoms with E-state index in [0.29, 0.717) is 117 Å². The molecule has 0 atom stereocenters. The van der Waals surface area contributed by atoms with Gasteiger partial charge >= 0.3 is 0 Å². The van der Waals surface area contributed by atoms with Gasteiger partial charge in [0, 0.05) is 18.9 Å². The molecule has 0 fully saturated rings. The van der Waals surface area contributed by atoms with Crippen molar-refractivity contribution in [2.75, 3.05) is 112 Å². The Morgan fingerprint density at radius 1 is 0.622 bits per heavy atom. The number of Topliss-reactive ketones (excluding diaryl/α,β-unsaturated/α-hetero) is 1. The standard InChI is InChI=1S/C31H49N3O11/c1-25(2)28(35)7-9-38-11-13-40-15-17-42-19-21-44-23-24-45-22-20-43-18-16-41-14-12-39-10-8-32-30(36)29-31(37)34-27-6-4-3-5-26(27)33-29/h3-6,25H,7-24H2,1-2H3,(H,32,36)(H,34,37). The van der Waals surface area contributed by atoms with Crippen LogP contribution in [0.25, 0.3) is 11.0 Å². The van der Waals surface area contributed by atoms with Crippen LogP contribution in [-0.4, -0.2) is 139 Å². The molecule has 0 aliphatic carbocycles. The smallest absolute Gasteiger partial charge is 0.275 e. The summed E-state index contributed by atoms with van der Waals surface area (Å²) < 4.78 is 43.5. The molecule has 14 heteroatoms. The Balaban J connectivity index is 1.24. The van der Waals surface area contributed by atoms with E-state index in [1.807, 2.05) is 13.8 Å². The Labute approximate surface area is 265 Å². The molecule has 0 radical (unpaired) electrons. The van der Waals surface area contributed by atoms with Gasteiger partial charge in [0.05, 0.1) is 117 Å². The second kappa shape index (κ2) is 25.4. The molecular formula is C31H49N3O11. The van der Waals surface area contributed by atoms with E-state index < -0.39 is 11.8 Å². The van der Waals surface area contributed by atoms with Gasteiger partial charge in [-0.1, -0.05) is 26.0 Å². The number of fused-ring (bicyclic) bond motifs is 1. The van der Waals surface area contributed by atoms with Crippen LogP contribution >= 0.6 is 0 Å². The monoisotopic (exact) mass is 639 g/mol. The zero-order valence-corrected chi connectivity index (χ0v) is 26.5. The Bertz CT molecular complexity index is 1070. The Kier molecular flexibility index (Phi) is 21.6. The summed E-state index contributed by atoms with van der Waals surface area (Å²) in [6, 6.07) is 6.99. The van der Waals surface area contributed by atoms with Crippen LogP contribution in [-0.2, 0) is 42.7 Å². The number of hydrogen-bond donors (Lipinski definition) is 2. The van der Waals surface area contributed by atoms with E-state index in [9.17, 15) is 14.7 Å². The van der Waals surface area contributed by atoms with Gasteiger partial charge in [0.15, 0.2) is 5.69 Å². The van der Waals surface area contributed by atoms with Crippen molar-refractivity contribution in [2.24, 2.45) is 5.92 Å². The quantitative estimate of drug-likeness (QED) is 0.124. The zero-order chi connectivity index (χ0) is 32.4. The van der Waals surface area contributed by atoms with Gasteiger partial charge in [-0.25, -0.2) is 9.97 Å². The fraction of sp³-hybridized carbons (Fsp3) is 0.677. The third-order valence-corrected chi connectivity index (χ3v) is 6.04. The largest absolute Gasteiger partial charge is 0.492 e. The molecule has 1 aromatic heterocycles. The van der Waals surface area contributed by atoms with E-state index in [0.717, 1.165) is 0 Å². The van der Waals surface area contributed by atoms with Crippen LogP contribution in [0.5, 0.6) is 5.88 Å². The lowest BCUT2D eigenvalue weighted by atomic mass is 10.1. The number of nitrogens with zero attached hydrogens (tertiary/aromatic N) is 2. The van der Waals surface area contributed by atoms with Gasteiger partial charge in [-0.2, -0.15) is 0 Å². The first-order valence-corrected chi connectivity index (χ1v) is 15.4. The van der Waals surface area contributed by atoms with Crippen molar-refractivity contribution in [1.82, 2.24) is 15.3 Å². The van der Waals surface area contributed by atoms with Crippen molar-refractivity contribution in [2.45, 2.75) is 20.3 Å². The lowest BCUT2D eigenvalue weighted by Gasteiger charge is -2.09. The molecule has 2 rings (SSSR count). The summed E-state index contributed by atoms with van der Waals surface area (Å²) in [7, 11) is 0. The zero-order valence-electron chi connectivity index (χ0n) is 26.5. The molecule has 1 aromatic carbocycles. The fourth-order valence-electron chi connectivity index (χ4n) is 3.57. The molecule has 45 heavy (non-hydrogen) atoms. The first kappa shape index (κ1) is 38.4. The number of carbonyl (C=O) groups is 2. The summed E-state index contributed by atoms with van der Waals surface area (Å²) in [5.41, 5.74) is 0.919. The van der Waals surface area contributed by atoms with Crippen LogP contribution in [0, 0.1) is 5.92 Å². The molecule has 14 nitrogen and oxygen atoms in total.